The average molecular weight is 324 g/mol. The molecule has 0 aliphatic heterocycles. The van der Waals surface area contributed by atoms with Gasteiger partial charge >= 0.3 is 0 Å². The van der Waals surface area contributed by atoms with Gasteiger partial charge in [0.15, 0.2) is 0 Å². The second-order valence-corrected chi connectivity index (χ2v) is 1.64. The van der Waals surface area contributed by atoms with Gasteiger partial charge in [0.25, 0.3) is 0 Å². The Morgan fingerprint density at radius 1 is 1.09 bits per heavy atom. The van der Waals surface area contributed by atoms with Gasteiger partial charge in [-0.05, 0) is 5.56 Å². The zero-order valence-electron chi connectivity index (χ0n) is 6.40. The molecule has 0 atom stereocenters. The Balaban J connectivity index is 0. The third kappa shape index (κ3) is 6.24. The molecule has 0 saturated carbocycles. The Morgan fingerprint density at radius 3 is 1.82 bits per heavy atom. The molecule has 1 aromatic carbocycles. The molecular weight excluding hydrogens is 312 g/mol. The van der Waals surface area contributed by atoms with Crippen molar-refractivity contribution in [3.63, 3.8) is 0 Å². The smallest absolute Gasteiger partial charge is 0.0681 e. The average Bonchev–Trinajstić information content (AvgIpc) is 2.10. The molecular formula is C8H12O2W. The Hall–Kier alpha value is -0.172. The number of benzene rings is 1. The van der Waals surface area contributed by atoms with Crippen LogP contribution in [-0.2, 0) is 27.7 Å². The first-order chi connectivity index (χ1) is 4.93. The summed E-state index contributed by atoms with van der Waals surface area (Å²) in [7, 11) is 1.00. The van der Waals surface area contributed by atoms with E-state index in [1.807, 2.05) is 30.3 Å². The standard InChI is InChI=1S/C7H8O.CH4O.W/c8-6-7-4-2-1-3-5-7;1-2;/h1-5,8H,6H2;2H,1H3;. The first-order valence-electron chi connectivity index (χ1n) is 3.03. The van der Waals surface area contributed by atoms with Crippen LogP contribution in [0.5, 0.6) is 0 Å². The number of aliphatic hydroxyl groups is 2. The van der Waals surface area contributed by atoms with Gasteiger partial charge in [0, 0.05) is 28.2 Å². The molecule has 0 aliphatic carbocycles. The van der Waals surface area contributed by atoms with Gasteiger partial charge in [-0.1, -0.05) is 30.3 Å². The Morgan fingerprint density at radius 2 is 1.55 bits per heavy atom. The molecule has 62 valence electrons. The number of rotatable bonds is 1. The number of hydrogen-bond acceptors (Lipinski definition) is 2. The molecule has 11 heavy (non-hydrogen) atoms. The molecule has 0 spiro atoms. The molecule has 2 nitrogen and oxygen atoms in total. The van der Waals surface area contributed by atoms with Crippen molar-refractivity contribution in [3.05, 3.63) is 35.9 Å². The fraction of sp³-hybridized carbons (Fsp3) is 0.250. The van der Waals surface area contributed by atoms with Crippen molar-refractivity contribution >= 4 is 0 Å². The van der Waals surface area contributed by atoms with Crippen LogP contribution >= 0.6 is 0 Å². The molecule has 0 fully saturated rings. The fourth-order valence-electron chi connectivity index (χ4n) is 0.583. The third-order valence-corrected chi connectivity index (χ3v) is 1.03. The van der Waals surface area contributed by atoms with Crippen molar-refractivity contribution < 1.29 is 31.3 Å². The van der Waals surface area contributed by atoms with Gasteiger partial charge in [-0.3, -0.25) is 0 Å². The summed E-state index contributed by atoms with van der Waals surface area (Å²) < 4.78 is 0. The van der Waals surface area contributed by atoms with Crippen LogP contribution in [0.25, 0.3) is 0 Å². The molecule has 0 radical (unpaired) electrons. The van der Waals surface area contributed by atoms with Crippen molar-refractivity contribution in [2.24, 2.45) is 0 Å². The maximum Gasteiger partial charge on any atom is 0.0681 e. The zero-order valence-corrected chi connectivity index (χ0v) is 9.33. The van der Waals surface area contributed by atoms with Crippen molar-refractivity contribution in [2.45, 2.75) is 6.61 Å². The van der Waals surface area contributed by atoms with Crippen LogP contribution in [0.15, 0.2) is 30.3 Å². The van der Waals surface area contributed by atoms with Crippen LogP contribution in [0.2, 0.25) is 0 Å². The second-order valence-electron chi connectivity index (χ2n) is 1.64. The summed E-state index contributed by atoms with van der Waals surface area (Å²) in [5.74, 6) is 0. The summed E-state index contributed by atoms with van der Waals surface area (Å²) in [5.41, 5.74) is 0.965. The first kappa shape index (κ1) is 13.4. The van der Waals surface area contributed by atoms with Gasteiger partial charge in [-0.15, -0.1) is 0 Å². The largest absolute Gasteiger partial charge is 0.400 e. The van der Waals surface area contributed by atoms with Gasteiger partial charge in [-0.2, -0.15) is 0 Å². The number of hydrogen-bond donors (Lipinski definition) is 2. The van der Waals surface area contributed by atoms with Gasteiger partial charge in [-0.25, -0.2) is 0 Å². The normalized spacial score (nSPS) is 7.18. The first-order valence-corrected chi connectivity index (χ1v) is 3.03. The zero-order chi connectivity index (χ0) is 7.82. The maximum absolute atomic E-state index is 8.54. The van der Waals surface area contributed by atoms with Crippen molar-refractivity contribution in [2.75, 3.05) is 7.11 Å². The van der Waals surface area contributed by atoms with Crippen LogP contribution in [0.3, 0.4) is 0 Å². The quantitative estimate of drug-likeness (QED) is 0.802. The van der Waals surface area contributed by atoms with Crippen molar-refractivity contribution in [1.82, 2.24) is 0 Å². The summed E-state index contributed by atoms with van der Waals surface area (Å²) in [6.45, 7) is 0.140. The Kier molecular flexibility index (Phi) is 12.0. The van der Waals surface area contributed by atoms with E-state index >= 15 is 0 Å². The van der Waals surface area contributed by atoms with Crippen LogP contribution in [0.1, 0.15) is 5.56 Å². The Labute approximate surface area is 81.1 Å². The van der Waals surface area contributed by atoms with E-state index in [0.29, 0.717) is 0 Å². The molecule has 0 aliphatic rings. The van der Waals surface area contributed by atoms with Crippen LogP contribution < -0.4 is 0 Å². The molecule has 0 amide bonds. The third-order valence-electron chi connectivity index (χ3n) is 1.03. The molecule has 0 aromatic heterocycles. The monoisotopic (exact) mass is 324 g/mol. The van der Waals surface area contributed by atoms with Gasteiger partial charge in [0.05, 0.1) is 6.61 Å². The predicted octanol–water partition coefficient (Wildman–Crippen LogP) is 0.785. The number of aliphatic hydroxyl groups excluding tert-OH is 2. The fourth-order valence-corrected chi connectivity index (χ4v) is 0.583. The topological polar surface area (TPSA) is 40.5 Å². The van der Waals surface area contributed by atoms with E-state index in [1.165, 1.54) is 0 Å². The van der Waals surface area contributed by atoms with Crippen molar-refractivity contribution in [3.8, 4) is 0 Å². The SMILES string of the molecule is CO.OCc1ccccc1.[W]. The summed E-state index contributed by atoms with van der Waals surface area (Å²) in [5, 5.41) is 15.5. The summed E-state index contributed by atoms with van der Waals surface area (Å²) in [4.78, 5) is 0. The minimum Gasteiger partial charge on any atom is -0.400 e. The molecule has 3 heteroatoms. The van der Waals surface area contributed by atoms with Crippen LogP contribution in [0.4, 0.5) is 0 Å². The summed E-state index contributed by atoms with van der Waals surface area (Å²) in [6.07, 6.45) is 0. The molecule has 1 aromatic rings. The van der Waals surface area contributed by atoms with E-state index in [-0.39, 0.29) is 27.7 Å². The van der Waals surface area contributed by atoms with Gasteiger partial charge < -0.3 is 10.2 Å². The molecule has 2 N–H and O–H groups in total. The van der Waals surface area contributed by atoms with E-state index in [0.717, 1.165) is 12.7 Å². The van der Waals surface area contributed by atoms with E-state index in [1.54, 1.807) is 0 Å². The van der Waals surface area contributed by atoms with Crippen LogP contribution in [0, 0.1) is 0 Å². The molecule has 1 rings (SSSR count). The Bertz CT molecular complexity index is 153. The maximum atomic E-state index is 8.54. The summed E-state index contributed by atoms with van der Waals surface area (Å²) in [6, 6.07) is 9.52. The van der Waals surface area contributed by atoms with Crippen LogP contribution in [-0.4, -0.2) is 17.3 Å². The predicted molar refractivity (Wildman–Crippen MR) is 40.5 cm³/mol. The minimum absolute atomic E-state index is 0. The van der Waals surface area contributed by atoms with Gasteiger partial charge in [0.1, 0.15) is 0 Å². The molecule has 0 saturated heterocycles. The molecule has 0 unspecified atom stereocenters. The van der Waals surface area contributed by atoms with Crippen molar-refractivity contribution in [1.29, 1.82) is 0 Å². The minimum atomic E-state index is 0. The van der Waals surface area contributed by atoms with Gasteiger partial charge in [0.2, 0.25) is 0 Å². The summed E-state index contributed by atoms with van der Waals surface area (Å²) >= 11 is 0. The van der Waals surface area contributed by atoms with E-state index in [2.05, 4.69) is 0 Å². The second kappa shape index (κ2) is 9.83. The van der Waals surface area contributed by atoms with E-state index in [4.69, 9.17) is 10.2 Å². The molecule has 0 heterocycles. The van der Waals surface area contributed by atoms with E-state index in [9.17, 15) is 0 Å². The van der Waals surface area contributed by atoms with E-state index < -0.39 is 0 Å². The molecule has 0 bridgehead atoms.